The molecule has 0 aromatic rings. The average molecular weight is 127 g/mol. The normalized spacial score (nSPS) is 37.7. The van der Waals surface area contributed by atoms with Crippen LogP contribution in [0.2, 0.25) is 0 Å². The molecule has 0 aromatic heterocycles. The lowest BCUT2D eigenvalue weighted by molar-refractivity contribution is 0.260. The maximum Gasteiger partial charge on any atom is 0.00929 e. The van der Waals surface area contributed by atoms with Gasteiger partial charge in [0.25, 0.3) is 0 Å². The summed E-state index contributed by atoms with van der Waals surface area (Å²) in [6.45, 7) is 9.47. The smallest absolute Gasteiger partial charge is 0.00929 e. The SMILES string of the molecule is CCN1CC[C@H](C)[C@@H]1C. The standard InChI is InChI=1S/C8H17N/c1-4-9-6-5-7(2)8(9)3/h7-8H,4-6H2,1-3H3/t7-,8-/m0/s1. The van der Waals surface area contributed by atoms with Gasteiger partial charge in [-0.15, -0.1) is 0 Å². The van der Waals surface area contributed by atoms with Gasteiger partial charge in [0.05, 0.1) is 0 Å². The lowest BCUT2D eigenvalue weighted by atomic mass is 10.1. The third kappa shape index (κ3) is 1.26. The molecule has 1 aliphatic heterocycles. The highest BCUT2D eigenvalue weighted by Gasteiger charge is 2.25. The van der Waals surface area contributed by atoms with Crippen molar-refractivity contribution in [3.05, 3.63) is 0 Å². The number of nitrogens with zero attached hydrogens (tertiary/aromatic N) is 1. The molecule has 9 heavy (non-hydrogen) atoms. The third-order valence-electron chi connectivity index (χ3n) is 2.68. The molecule has 1 heterocycles. The molecule has 1 nitrogen and oxygen atoms in total. The minimum Gasteiger partial charge on any atom is -0.301 e. The molecule has 0 aromatic carbocycles. The second kappa shape index (κ2) is 2.70. The molecule has 0 amide bonds. The zero-order valence-corrected chi connectivity index (χ0v) is 6.72. The Morgan fingerprint density at radius 2 is 2.11 bits per heavy atom. The van der Waals surface area contributed by atoms with Crippen LogP contribution in [-0.4, -0.2) is 24.0 Å². The Hall–Kier alpha value is -0.0400. The Morgan fingerprint density at radius 3 is 2.33 bits per heavy atom. The maximum absolute atomic E-state index is 2.55. The summed E-state index contributed by atoms with van der Waals surface area (Å²) < 4.78 is 0. The lowest BCUT2D eigenvalue weighted by Crippen LogP contribution is -2.28. The van der Waals surface area contributed by atoms with Crippen LogP contribution >= 0.6 is 0 Å². The first kappa shape index (κ1) is 7.07. The van der Waals surface area contributed by atoms with Gasteiger partial charge in [0.1, 0.15) is 0 Å². The van der Waals surface area contributed by atoms with Crippen molar-refractivity contribution < 1.29 is 0 Å². The molecule has 0 radical (unpaired) electrons. The molecule has 1 saturated heterocycles. The van der Waals surface area contributed by atoms with Gasteiger partial charge in [-0.05, 0) is 32.4 Å². The second-order valence-corrected chi connectivity index (χ2v) is 3.14. The fraction of sp³-hybridized carbons (Fsp3) is 1.00. The first-order chi connectivity index (χ1) is 4.25. The van der Waals surface area contributed by atoms with E-state index >= 15 is 0 Å². The summed E-state index contributed by atoms with van der Waals surface area (Å²) in [5, 5.41) is 0. The van der Waals surface area contributed by atoms with E-state index in [0.717, 1.165) is 12.0 Å². The Bertz CT molecular complexity index is 90.6. The Balaban J connectivity index is 2.41. The molecule has 1 rings (SSSR count). The van der Waals surface area contributed by atoms with Crippen LogP contribution in [0.3, 0.4) is 0 Å². The summed E-state index contributed by atoms with van der Waals surface area (Å²) in [5.41, 5.74) is 0. The summed E-state index contributed by atoms with van der Waals surface area (Å²) in [7, 11) is 0. The van der Waals surface area contributed by atoms with E-state index in [1.54, 1.807) is 0 Å². The molecule has 0 N–H and O–H groups in total. The minimum absolute atomic E-state index is 0.829. The van der Waals surface area contributed by atoms with Crippen molar-refractivity contribution >= 4 is 0 Å². The fourth-order valence-electron chi connectivity index (χ4n) is 1.62. The third-order valence-corrected chi connectivity index (χ3v) is 2.68. The van der Waals surface area contributed by atoms with Gasteiger partial charge in [0.15, 0.2) is 0 Å². The van der Waals surface area contributed by atoms with E-state index in [4.69, 9.17) is 0 Å². The average Bonchev–Trinajstić information content (AvgIpc) is 2.15. The molecular formula is C8H17N. The molecule has 0 unspecified atom stereocenters. The zero-order valence-electron chi connectivity index (χ0n) is 6.72. The van der Waals surface area contributed by atoms with Crippen LogP contribution in [0.25, 0.3) is 0 Å². The van der Waals surface area contributed by atoms with Crippen LogP contribution in [0.15, 0.2) is 0 Å². The largest absolute Gasteiger partial charge is 0.301 e. The lowest BCUT2D eigenvalue weighted by Gasteiger charge is -2.20. The quantitative estimate of drug-likeness (QED) is 0.518. The van der Waals surface area contributed by atoms with E-state index in [-0.39, 0.29) is 0 Å². The van der Waals surface area contributed by atoms with Gasteiger partial charge < -0.3 is 4.90 Å². The molecular weight excluding hydrogens is 110 g/mol. The van der Waals surface area contributed by atoms with E-state index in [1.165, 1.54) is 19.5 Å². The minimum atomic E-state index is 0.829. The van der Waals surface area contributed by atoms with Crippen LogP contribution in [0.4, 0.5) is 0 Å². The Labute approximate surface area is 58.0 Å². The molecule has 1 aliphatic rings. The van der Waals surface area contributed by atoms with Crippen molar-refractivity contribution in [1.29, 1.82) is 0 Å². The van der Waals surface area contributed by atoms with Crippen LogP contribution in [0.1, 0.15) is 27.2 Å². The van der Waals surface area contributed by atoms with E-state index < -0.39 is 0 Å². The second-order valence-electron chi connectivity index (χ2n) is 3.14. The van der Waals surface area contributed by atoms with Crippen molar-refractivity contribution in [2.75, 3.05) is 13.1 Å². The van der Waals surface area contributed by atoms with Crippen molar-refractivity contribution in [3.8, 4) is 0 Å². The zero-order chi connectivity index (χ0) is 6.85. The molecule has 54 valence electrons. The topological polar surface area (TPSA) is 3.24 Å². The summed E-state index contributed by atoms with van der Waals surface area (Å²) in [5.74, 6) is 0.921. The van der Waals surface area contributed by atoms with Gasteiger partial charge in [-0.1, -0.05) is 13.8 Å². The predicted molar refractivity (Wildman–Crippen MR) is 40.5 cm³/mol. The Kier molecular flexibility index (Phi) is 2.12. The summed E-state index contributed by atoms with van der Waals surface area (Å²) in [4.78, 5) is 2.55. The van der Waals surface area contributed by atoms with Gasteiger partial charge in [0.2, 0.25) is 0 Å². The van der Waals surface area contributed by atoms with Crippen LogP contribution in [0, 0.1) is 5.92 Å². The molecule has 0 aliphatic carbocycles. The van der Waals surface area contributed by atoms with E-state index in [9.17, 15) is 0 Å². The van der Waals surface area contributed by atoms with Gasteiger partial charge in [0, 0.05) is 6.04 Å². The van der Waals surface area contributed by atoms with Gasteiger partial charge in [-0.25, -0.2) is 0 Å². The maximum atomic E-state index is 2.55. The van der Waals surface area contributed by atoms with Crippen LogP contribution in [0.5, 0.6) is 0 Å². The van der Waals surface area contributed by atoms with Gasteiger partial charge in [-0.3, -0.25) is 0 Å². The van der Waals surface area contributed by atoms with Crippen molar-refractivity contribution in [3.63, 3.8) is 0 Å². The predicted octanol–water partition coefficient (Wildman–Crippen LogP) is 1.74. The molecule has 2 atom stereocenters. The molecule has 0 spiro atoms. The molecule has 1 fully saturated rings. The fourth-order valence-corrected chi connectivity index (χ4v) is 1.62. The molecule has 0 bridgehead atoms. The van der Waals surface area contributed by atoms with E-state index in [0.29, 0.717) is 0 Å². The van der Waals surface area contributed by atoms with Crippen molar-refractivity contribution in [1.82, 2.24) is 4.90 Å². The number of hydrogen-bond donors (Lipinski definition) is 0. The van der Waals surface area contributed by atoms with Crippen LogP contribution in [-0.2, 0) is 0 Å². The number of likely N-dealkylation sites (tertiary alicyclic amines) is 1. The van der Waals surface area contributed by atoms with E-state index in [2.05, 4.69) is 25.7 Å². The monoisotopic (exact) mass is 127 g/mol. The first-order valence-corrected chi connectivity index (χ1v) is 3.99. The van der Waals surface area contributed by atoms with Gasteiger partial charge in [-0.2, -0.15) is 0 Å². The van der Waals surface area contributed by atoms with Gasteiger partial charge >= 0.3 is 0 Å². The highest BCUT2D eigenvalue weighted by molar-refractivity contribution is 4.79. The summed E-state index contributed by atoms with van der Waals surface area (Å²) >= 11 is 0. The van der Waals surface area contributed by atoms with E-state index in [1.807, 2.05) is 0 Å². The van der Waals surface area contributed by atoms with Crippen molar-refractivity contribution in [2.24, 2.45) is 5.92 Å². The molecule has 0 saturated carbocycles. The summed E-state index contributed by atoms with van der Waals surface area (Å²) in [6, 6.07) is 0.829. The highest BCUT2D eigenvalue weighted by Crippen LogP contribution is 2.22. The molecule has 1 heteroatoms. The summed E-state index contributed by atoms with van der Waals surface area (Å²) in [6.07, 6.45) is 1.40. The number of hydrogen-bond acceptors (Lipinski definition) is 1. The van der Waals surface area contributed by atoms with Crippen molar-refractivity contribution in [2.45, 2.75) is 33.2 Å². The first-order valence-electron chi connectivity index (χ1n) is 3.99. The number of rotatable bonds is 1. The van der Waals surface area contributed by atoms with Crippen LogP contribution < -0.4 is 0 Å². The highest BCUT2D eigenvalue weighted by atomic mass is 15.2. The Morgan fingerprint density at radius 1 is 1.44 bits per heavy atom.